The number of benzene rings is 3. The number of anilines is 2. The molecule has 0 saturated carbocycles. The molecule has 3 aromatic rings. The first-order valence-corrected chi connectivity index (χ1v) is 12.0. The minimum absolute atomic E-state index is 0.0208. The van der Waals surface area contributed by atoms with Crippen LogP contribution in [-0.2, 0) is 14.8 Å². The molecule has 1 N–H and O–H groups in total. The summed E-state index contributed by atoms with van der Waals surface area (Å²) >= 11 is 0. The molecule has 178 valence electrons. The number of ether oxygens (including phenoxy) is 2. The van der Waals surface area contributed by atoms with Crippen LogP contribution in [-0.4, -0.2) is 41.1 Å². The maximum atomic E-state index is 13.1. The van der Waals surface area contributed by atoms with E-state index < -0.39 is 21.9 Å². The molecule has 0 radical (unpaired) electrons. The molecule has 1 amide bonds. The number of hydrogen-bond donors (Lipinski definition) is 1. The third-order valence-corrected chi connectivity index (χ3v) is 6.79. The van der Waals surface area contributed by atoms with Crippen LogP contribution in [0.25, 0.3) is 0 Å². The lowest BCUT2D eigenvalue weighted by atomic mass is 10.2. The highest BCUT2D eigenvalue weighted by Crippen LogP contribution is 2.25. The lowest BCUT2D eigenvalue weighted by molar-refractivity contribution is 0.0505. The summed E-state index contributed by atoms with van der Waals surface area (Å²) in [6, 6.07) is 18.7. The predicted octanol–water partition coefficient (Wildman–Crippen LogP) is 4.34. The average molecular weight is 483 g/mol. The standard InChI is InChI=1S/C25H26N2O6S/c1-4-16-33-25(29)18-8-10-20(11-9-18)26-24(28)19-6-5-7-23(17-19)34(30,31)27(2)21-12-14-22(32-3)15-13-21/h5-15,17H,4,16H2,1-3H3,(H,26,28). The van der Waals surface area contributed by atoms with Crippen molar-refractivity contribution in [2.24, 2.45) is 0 Å². The van der Waals surface area contributed by atoms with Gasteiger partial charge in [-0.1, -0.05) is 13.0 Å². The first-order chi connectivity index (χ1) is 16.3. The summed E-state index contributed by atoms with van der Waals surface area (Å²) in [5.74, 6) is -0.303. The van der Waals surface area contributed by atoms with Gasteiger partial charge in [-0.15, -0.1) is 0 Å². The monoisotopic (exact) mass is 482 g/mol. The first-order valence-electron chi connectivity index (χ1n) is 10.6. The van der Waals surface area contributed by atoms with Gasteiger partial charge in [-0.25, -0.2) is 13.2 Å². The van der Waals surface area contributed by atoms with E-state index in [0.717, 1.165) is 10.7 Å². The number of methoxy groups -OCH3 is 1. The van der Waals surface area contributed by atoms with Crippen LogP contribution in [0, 0.1) is 0 Å². The van der Waals surface area contributed by atoms with Gasteiger partial charge >= 0.3 is 5.97 Å². The summed E-state index contributed by atoms with van der Waals surface area (Å²) in [4.78, 5) is 24.6. The number of amides is 1. The molecular formula is C25H26N2O6S. The van der Waals surface area contributed by atoms with Crippen molar-refractivity contribution in [1.29, 1.82) is 0 Å². The largest absolute Gasteiger partial charge is 0.497 e. The van der Waals surface area contributed by atoms with Crippen molar-refractivity contribution in [3.63, 3.8) is 0 Å². The number of esters is 1. The number of rotatable bonds is 9. The number of sulfonamides is 1. The maximum absolute atomic E-state index is 13.1. The van der Waals surface area contributed by atoms with Crippen molar-refractivity contribution in [3.8, 4) is 5.75 Å². The quantitative estimate of drug-likeness (QED) is 0.455. The van der Waals surface area contributed by atoms with Crippen molar-refractivity contribution in [2.75, 3.05) is 30.4 Å². The van der Waals surface area contributed by atoms with E-state index in [1.165, 1.54) is 38.4 Å². The molecule has 0 atom stereocenters. The second kappa shape index (κ2) is 10.8. The van der Waals surface area contributed by atoms with Crippen LogP contribution >= 0.6 is 0 Å². The lowest BCUT2D eigenvalue weighted by Crippen LogP contribution is -2.26. The Morgan fingerprint density at radius 2 is 1.62 bits per heavy atom. The molecule has 0 heterocycles. The van der Waals surface area contributed by atoms with Gasteiger partial charge in [-0.2, -0.15) is 0 Å². The molecule has 0 unspecified atom stereocenters. The fourth-order valence-electron chi connectivity index (χ4n) is 3.06. The number of nitrogens with one attached hydrogen (secondary N) is 1. The van der Waals surface area contributed by atoms with Crippen LogP contribution in [0.1, 0.15) is 34.1 Å². The molecule has 0 aliphatic rings. The van der Waals surface area contributed by atoms with Crippen molar-refractivity contribution in [2.45, 2.75) is 18.2 Å². The molecule has 34 heavy (non-hydrogen) atoms. The Labute approximate surface area is 199 Å². The number of hydrogen-bond acceptors (Lipinski definition) is 6. The summed E-state index contributed by atoms with van der Waals surface area (Å²) in [6.45, 7) is 2.24. The zero-order chi connectivity index (χ0) is 24.7. The van der Waals surface area contributed by atoms with E-state index in [4.69, 9.17) is 9.47 Å². The predicted molar refractivity (Wildman–Crippen MR) is 130 cm³/mol. The van der Waals surface area contributed by atoms with E-state index in [2.05, 4.69) is 5.32 Å². The van der Waals surface area contributed by atoms with E-state index in [1.54, 1.807) is 48.5 Å². The zero-order valence-electron chi connectivity index (χ0n) is 19.1. The van der Waals surface area contributed by atoms with Gasteiger partial charge in [0.25, 0.3) is 15.9 Å². The number of carbonyl (C=O) groups is 2. The fourth-order valence-corrected chi connectivity index (χ4v) is 4.30. The Hall–Kier alpha value is -3.85. The summed E-state index contributed by atoms with van der Waals surface area (Å²) in [5, 5.41) is 2.71. The Bertz CT molecular complexity index is 1260. The average Bonchev–Trinajstić information content (AvgIpc) is 2.87. The zero-order valence-corrected chi connectivity index (χ0v) is 20.0. The number of carbonyl (C=O) groups excluding carboxylic acids is 2. The summed E-state index contributed by atoms with van der Waals surface area (Å²) in [5.41, 5.74) is 1.46. The van der Waals surface area contributed by atoms with Gasteiger partial charge < -0.3 is 14.8 Å². The lowest BCUT2D eigenvalue weighted by Gasteiger charge is -2.20. The summed E-state index contributed by atoms with van der Waals surface area (Å²) < 4.78 is 37.6. The highest BCUT2D eigenvalue weighted by Gasteiger charge is 2.22. The van der Waals surface area contributed by atoms with Crippen LogP contribution in [0.2, 0.25) is 0 Å². The summed E-state index contributed by atoms with van der Waals surface area (Å²) in [7, 11) is -0.931. The van der Waals surface area contributed by atoms with Crippen molar-refractivity contribution >= 4 is 33.3 Å². The van der Waals surface area contributed by atoms with E-state index >= 15 is 0 Å². The van der Waals surface area contributed by atoms with Crippen LogP contribution in [0.15, 0.2) is 77.7 Å². The molecular weight excluding hydrogens is 456 g/mol. The fraction of sp³-hybridized carbons (Fsp3) is 0.200. The molecule has 0 aromatic heterocycles. The van der Waals surface area contributed by atoms with Crippen LogP contribution in [0.3, 0.4) is 0 Å². The Kier molecular flexibility index (Phi) is 7.91. The molecule has 3 aromatic carbocycles. The van der Waals surface area contributed by atoms with E-state index in [-0.39, 0.29) is 10.5 Å². The minimum atomic E-state index is -3.90. The molecule has 0 aliphatic heterocycles. The molecule has 8 nitrogen and oxygen atoms in total. The molecule has 0 fully saturated rings. The summed E-state index contributed by atoms with van der Waals surface area (Å²) in [6.07, 6.45) is 0.727. The van der Waals surface area contributed by atoms with Gasteiger partial charge in [0.15, 0.2) is 0 Å². The van der Waals surface area contributed by atoms with Gasteiger partial charge in [0.05, 0.1) is 29.9 Å². The first kappa shape index (κ1) is 24.8. The maximum Gasteiger partial charge on any atom is 0.338 e. The topological polar surface area (TPSA) is 102 Å². The Morgan fingerprint density at radius 1 is 0.941 bits per heavy atom. The molecule has 0 spiro atoms. The van der Waals surface area contributed by atoms with Crippen LogP contribution in [0.5, 0.6) is 5.75 Å². The van der Waals surface area contributed by atoms with E-state index in [1.807, 2.05) is 6.92 Å². The van der Waals surface area contributed by atoms with Gasteiger partial charge in [-0.05, 0) is 73.2 Å². The van der Waals surface area contributed by atoms with Crippen molar-refractivity contribution in [3.05, 3.63) is 83.9 Å². The van der Waals surface area contributed by atoms with Gasteiger partial charge in [0.1, 0.15) is 5.75 Å². The molecule has 0 saturated heterocycles. The second-order valence-electron chi connectivity index (χ2n) is 7.37. The van der Waals surface area contributed by atoms with Crippen molar-refractivity contribution in [1.82, 2.24) is 0 Å². The SMILES string of the molecule is CCCOC(=O)c1ccc(NC(=O)c2cccc(S(=O)(=O)N(C)c3ccc(OC)cc3)c2)cc1. The Morgan fingerprint density at radius 3 is 2.24 bits per heavy atom. The highest BCUT2D eigenvalue weighted by atomic mass is 32.2. The van der Waals surface area contributed by atoms with Crippen LogP contribution < -0.4 is 14.4 Å². The normalized spacial score (nSPS) is 10.9. The van der Waals surface area contributed by atoms with Gasteiger partial charge in [-0.3, -0.25) is 9.10 Å². The van der Waals surface area contributed by atoms with Gasteiger partial charge in [0.2, 0.25) is 0 Å². The molecule has 9 heteroatoms. The second-order valence-corrected chi connectivity index (χ2v) is 9.34. The molecule has 0 bridgehead atoms. The third kappa shape index (κ3) is 5.74. The van der Waals surface area contributed by atoms with Gasteiger partial charge in [0, 0.05) is 18.3 Å². The Balaban J connectivity index is 1.75. The molecule has 3 rings (SSSR count). The third-order valence-electron chi connectivity index (χ3n) is 5.01. The van der Waals surface area contributed by atoms with Crippen LogP contribution in [0.4, 0.5) is 11.4 Å². The van der Waals surface area contributed by atoms with E-state index in [9.17, 15) is 18.0 Å². The smallest absolute Gasteiger partial charge is 0.338 e. The minimum Gasteiger partial charge on any atom is -0.497 e. The highest BCUT2D eigenvalue weighted by molar-refractivity contribution is 7.92. The molecule has 0 aliphatic carbocycles. The van der Waals surface area contributed by atoms with Crippen molar-refractivity contribution < 1.29 is 27.5 Å². The van der Waals surface area contributed by atoms with E-state index in [0.29, 0.717) is 29.3 Å². The number of nitrogens with zero attached hydrogens (tertiary/aromatic N) is 1.